The molecule has 0 unspecified atom stereocenters. The van der Waals surface area contributed by atoms with Crippen LogP contribution in [0, 0.1) is 0 Å². The second kappa shape index (κ2) is 6.97. The van der Waals surface area contributed by atoms with Crippen molar-refractivity contribution in [3.63, 3.8) is 0 Å². The molecular weight excluding hydrogens is 280 g/mol. The maximum Gasteiger partial charge on any atom is 0.0406 e. The van der Waals surface area contributed by atoms with Crippen molar-refractivity contribution in [2.45, 2.75) is 25.4 Å². The Balaban J connectivity index is 1.47. The highest BCUT2D eigenvalue weighted by Gasteiger charge is 2.18. The van der Waals surface area contributed by atoms with Crippen LogP contribution in [0.15, 0.2) is 54.6 Å². The first-order valence-corrected chi connectivity index (χ1v) is 7.97. The molecule has 2 aromatic carbocycles. The lowest BCUT2D eigenvalue weighted by Gasteiger charge is -2.34. The third-order valence-electron chi connectivity index (χ3n) is 4.12. The number of para-hydroxylation sites is 1. The summed E-state index contributed by atoms with van der Waals surface area (Å²) in [6, 6.07) is 19.4. The van der Waals surface area contributed by atoms with Crippen LogP contribution in [0.4, 0.5) is 5.69 Å². The van der Waals surface area contributed by atoms with Crippen LogP contribution in [0.2, 0.25) is 5.02 Å². The highest BCUT2D eigenvalue weighted by Crippen LogP contribution is 2.19. The summed E-state index contributed by atoms with van der Waals surface area (Å²) in [6.07, 6.45) is 2.39. The van der Waals surface area contributed by atoms with E-state index in [0.29, 0.717) is 6.04 Å². The fourth-order valence-corrected chi connectivity index (χ4v) is 2.97. The summed E-state index contributed by atoms with van der Waals surface area (Å²) in [5.41, 5.74) is 2.64. The molecule has 1 aliphatic heterocycles. The lowest BCUT2D eigenvalue weighted by molar-refractivity contribution is 0.414. The Kier molecular flexibility index (Phi) is 4.79. The molecule has 110 valence electrons. The van der Waals surface area contributed by atoms with E-state index < -0.39 is 0 Å². The molecule has 1 aliphatic rings. The summed E-state index contributed by atoms with van der Waals surface area (Å²) < 4.78 is 0. The summed E-state index contributed by atoms with van der Waals surface area (Å²) in [4.78, 5) is 2.47. The summed E-state index contributed by atoms with van der Waals surface area (Å²) in [6.45, 7) is 3.18. The number of hydrogen-bond donors (Lipinski definition) is 1. The van der Waals surface area contributed by atoms with Crippen LogP contribution in [0.1, 0.15) is 18.4 Å². The number of nitrogens with one attached hydrogen (secondary N) is 1. The molecule has 0 spiro atoms. The van der Waals surface area contributed by atoms with Gasteiger partial charge in [-0.15, -0.1) is 0 Å². The predicted molar refractivity (Wildman–Crippen MR) is 90.0 cm³/mol. The van der Waals surface area contributed by atoms with Crippen LogP contribution in [0.25, 0.3) is 0 Å². The minimum Gasteiger partial charge on any atom is -0.371 e. The summed E-state index contributed by atoms with van der Waals surface area (Å²) in [5, 5.41) is 4.46. The monoisotopic (exact) mass is 300 g/mol. The van der Waals surface area contributed by atoms with E-state index in [4.69, 9.17) is 11.6 Å². The van der Waals surface area contributed by atoms with Crippen molar-refractivity contribution in [3.05, 3.63) is 65.2 Å². The van der Waals surface area contributed by atoms with Gasteiger partial charge in [-0.1, -0.05) is 41.9 Å². The topological polar surface area (TPSA) is 15.3 Å². The molecule has 0 radical (unpaired) electrons. The number of benzene rings is 2. The van der Waals surface area contributed by atoms with E-state index >= 15 is 0 Å². The highest BCUT2D eigenvalue weighted by atomic mass is 35.5. The van der Waals surface area contributed by atoms with Gasteiger partial charge in [0.05, 0.1) is 0 Å². The maximum atomic E-state index is 5.91. The molecule has 2 nitrogen and oxygen atoms in total. The quantitative estimate of drug-likeness (QED) is 0.914. The van der Waals surface area contributed by atoms with Crippen molar-refractivity contribution in [1.82, 2.24) is 5.32 Å². The van der Waals surface area contributed by atoms with Crippen molar-refractivity contribution in [1.29, 1.82) is 0 Å². The van der Waals surface area contributed by atoms with Gasteiger partial charge in [-0.05, 0) is 42.7 Å². The van der Waals surface area contributed by atoms with Gasteiger partial charge in [0.2, 0.25) is 0 Å². The van der Waals surface area contributed by atoms with Crippen LogP contribution in [-0.4, -0.2) is 19.1 Å². The Morgan fingerprint density at radius 1 is 0.952 bits per heavy atom. The highest BCUT2D eigenvalue weighted by molar-refractivity contribution is 6.30. The van der Waals surface area contributed by atoms with Gasteiger partial charge in [-0.25, -0.2) is 0 Å². The lowest BCUT2D eigenvalue weighted by Crippen LogP contribution is -2.42. The molecule has 2 aromatic rings. The van der Waals surface area contributed by atoms with Gasteiger partial charge in [-0.3, -0.25) is 0 Å². The lowest BCUT2D eigenvalue weighted by atomic mass is 10.0. The second-order valence-electron chi connectivity index (χ2n) is 5.60. The number of rotatable bonds is 4. The van der Waals surface area contributed by atoms with Crippen molar-refractivity contribution in [3.8, 4) is 0 Å². The molecule has 0 aliphatic carbocycles. The third kappa shape index (κ3) is 3.99. The average Bonchev–Trinajstić information content (AvgIpc) is 2.56. The van der Waals surface area contributed by atoms with Crippen LogP contribution in [-0.2, 0) is 6.54 Å². The van der Waals surface area contributed by atoms with Crippen LogP contribution in [0.5, 0.6) is 0 Å². The molecule has 3 rings (SSSR count). The Morgan fingerprint density at radius 3 is 2.29 bits per heavy atom. The number of piperidine rings is 1. The van der Waals surface area contributed by atoms with Crippen LogP contribution in [0.3, 0.4) is 0 Å². The standard InChI is InChI=1S/C18H21ClN2/c19-16-8-6-15(7-9-16)14-20-17-10-12-21(13-11-17)18-4-2-1-3-5-18/h1-9,17,20H,10-14H2. The first-order chi connectivity index (χ1) is 10.3. The predicted octanol–water partition coefficient (Wildman–Crippen LogP) is 4.10. The zero-order valence-electron chi connectivity index (χ0n) is 12.1. The fourth-order valence-electron chi connectivity index (χ4n) is 2.85. The molecule has 1 N–H and O–H groups in total. The molecule has 21 heavy (non-hydrogen) atoms. The van der Waals surface area contributed by atoms with Crippen molar-refractivity contribution in [2.75, 3.05) is 18.0 Å². The van der Waals surface area contributed by atoms with E-state index in [2.05, 4.69) is 52.7 Å². The van der Waals surface area contributed by atoms with Gasteiger partial charge in [0.1, 0.15) is 0 Å². The van der Waals surface area contributed by atoms with Gasteiger partial charge < -0.3 is 10.2 Å². The number of nitrogens with zero attached hydrogens (tertiary/aromatic N) is 1. The van der Waals surface area contributed by atoms with Gasteiger partial charge in [0, 0.05) is 36.4 Å². The van der Waals surface area contributed by atoms with Crippen LogP contribution < -0.4 is 10.2 Å². The molecule has 1 fully saturated rings. The second-order valence-corrected chi connectivity index (χ2v) is 6.04. The molecule has 0 bridgehead atoms. The fraction of sp³-hybridized carbons (Fsp3) is 0.333. The molecular formula is C18H21ClN2. The SMILES string of the molecule is Clc1ccc(CNC2CCN(c3ccccc3)CC2)cc1. The summed E-state index contributed by atoms with van der Waals surface area (Å²) >= 11 is 5.91. The van der Waals surface area contributed by atoms with Gasteiger partial charge >= 0.3 is 0 Å². The Morgan fingerprint density at radius 2 is 1.62 bits per heavy atom. The number of hydrogen-bond acceptors (Lipinski definition) is 2. The van der Waals surface area contributed by atoms with E-state index in [0.717, 1.165) is 24.7 Å². The first-order valence-electron chi connectivity index (χ1n) is 7.59. The summed E-state index contributed by atoms with van der Waals surface area (Å²) in [7, 11) is 0. The number of halogens is 1. The zero-order valence-corrected chi connectivity index (χ0v) is 12.9. The Labute approximate surface area is 131 Å². The number of anilines is 1. The largest absolute Gasteiger partial charge is 0.371 e. The van der Waals surface area contributed by atoms with Gasteiger partial charge in [0.15, 0.2) is 0 Å². The molecule has 0 saturated carbocycles. The molecule has 1 saturated heterocycles. The van der Waals surface area contributed by atoms with E-state index in [1.165, 1.54) is 24.1 Å². The minimum atomic E-state index is 0.612. The molecule has 0 aromatic heterocycles. The Hall–Kier alpha value is -1.51. The normalized spacial score (nSPS) is 16.1. The maximum absolute atomic E-state index is 5.91. The summed E-state index contributed by atoms with van der Waals surface area (Å²) in [5.74, 6) is 0. The van der Waals surface area contributed by atoms with Gasteiger partial charge in [-0.2, -0.15) is 0 Å². The third-order valence-corrected chi connectivity index (χ3v) is 4.38. The molecule has 1 heterocycles. The average molecular weight is 301 g/mol. The molecule has 3 heteroatoms. The smallest absolute Gasteiger partial charge is 0.0406 e. The van der Waals surface area contributed by atoms with Crippen molar-refractivity contribution in [2.24, 2.45) is 0 Å². The van der Waals surface area contributed by atoms with Gasteiger partial charge in [0.25, 0.3) is 0 Å². The zero-order chi connectivity index (χ0) is 14.5. The first kappa shape index (κ1) is 14.4. The molecule has 0 amide bonds. The van der Waals surface area contributed by atoms with E-state index in [1.807, 2.05) is 12.1 Å². The minimum absolute atomic E-state index is 0.612. The van der Waals surface area contributed by atoms with Crippen molar-refractivity contribution < 1.29 is 0 Å². The van der Waals surface area contributed by atoms with E-state index in [9.17, 15) is 0 Å². The van der Waals surface area contributed by atoms with E-state index in [1.54, 1.807) is 0 Å². The van der Waals surface area contributed by atoms with Crippen LogP contribution >= 0.6 is 11.6 Å². The molecule has 0 atom stereocenters. The van der Waals surface area contributed by atoms with E-state index in [-0.39, 0.29) is 0 Å². The van der Waals surface area contributed by atoms with Crippen molar-refractivity contribution >= 4 is 17.3 Å². The Bertz CT molecular complexity index is 545.